The summed E-state index contributed by atoms with van der Waals surface area (Å²) in [5.41, 5.74) is 4.69. The summed E-state index contributed by atoms with van der Waals surface area (Å²) in [5, 5.41) is 16.6. The third kappa shape index (κ3) is 11.4. The Morgan fingerprint density at radius 1 is 1.00 bits per heavy atom. The molecule has 0 spiro atoms. The number of likely N-dealkylation sites (tertiary alicyclic amines) is 1. The third-order valence-electron chi connectivity index (χ3n) is 10.7. The molecule has 0 aliphatic carbocycles. The van der Waals surface area contributed by atoms with Gasteiger partial charge < -0.3 is 34.6 Å². The topological polar surface area (TPSA) is 193 Å². The van der Waals surface area contributed by atoms with Crippen LogP contribution in [0.2, 0.25) is 0 Å². The Bertz CT molecular complexity index is 2150. The molecule has 0 saturated carbocycles. The van der Waals surface area contributed by atoms with Crippen molar-refractivity contribution in [1.82, 2.24) is 35.3 Å². The summed E-state index contributed by atoms with van der Waals surface area (Å²) in [4.78, 5) is 60.3. The second-order valence-electron chi connectivity index (χ2n) is 16.1. The van der Waals surface area contributed by atoms with Gasteiger partial charge in [-0.15, -0.1) is 11.8 Å². The number of benzene rings is 2. The maximum Gasteiger partial charge on any atom is 0.255 e. The van der Waals surface area contributed by atoms with Gasteiger partial charge in [0, 0.05) is 70.4 Å². The van der Waals surface area contributed by atoms with Crippen molar-refractivity contribution in [1.29, 1.82) is 0 Å². The molecular formula is C43H57N9O7S. The van der Waals surface area contributed by atoms with Crippen LogP contribution in [0, 0.1) is 19.8 Å². The fourth-order valence-corrected chi connectivity index (χ4v) is 8.39. The van der Waals surface area contributed by atoms with Gasteiger partial charge in [-0.1, -0.05) is 26.8 Å². The van der Waals surface area contributed by atoms with E-state index in [1.54, 1.807) is 36.3 Å². The lowest BCUT2D eigenvalue weighted by Gasteiger charge is -2.32. The van der Waals surface area contributed by atoms with Crippen LogP contribution in [0.5, 0.6) is 5.75 Å². The van der Waals surface area contributed by atoms with Gasteiger partial charge in [0.05, 0.1) is 36.8 Å². The number of carbonyl (C=O) groups is 4. The molecule has 2 aromatic carbocycles. The van der Waals surface area contributed by atoms with Crippen molar-refractivity contribution >= 4 is 64.1 Å². The highest BCUT2D eigenvalue weighted by Gasteiger charge is 2.39. The number of anilines is 3. The third-order valence-corrected chi connectivity index (χ3v) is 11.9. The summed E-state index contributed by atoms with van der Waals surface area (Å²) in [6.07, 6.45) is 4.95. The molecule has 2 saturated heterocycles. The number of ether oxygens (including phenoxy) is 3. The largest absolute Gasteiger partial charge is 0.492 e. The zero-order valence-corrected chi connectivity index (χ0v) is 36.2. The number of nitrogens with zero attached hydrogens (tertiary/aromatic N) is 5. The first-order valence-electron chi connectivity index (χ1n) is 20.6. The number of fused-ring (bicyclic) bond motifs is 2. The quantitative estimate of drug-likeness (QED) is 0.0461. The average Bonchev–Trinajstić information content (AvgIpc) is 3.72. The molecule has 3 aliphatic rings. The van der Waals surface area contributed by atoms with Crippen molar-refractivity contribution < 1.29 is 33.4 Å². The fraction of sp³-hybridized carbons (Fsp3) is 0.512. The Morgan fingerprint density at radius 3 is 2.48 bits per heavy atom. The van der Waals surface area contributed by atoms with Crippen molar-refractivity contribution in [3.63, 3.8) is 0 Å². The summed E-state index contributed by atoms with van der Waals surface area (Å²) in [7, 11) is 0. The highest BCUT2D eigenvalue weighted by Crippen LogP contribution is 2.42. The minimum absolute atomic E-state index is 0.0288. The van der Waals surface area contributed by atoms with E-state index in [1.807, 2.05) is 20.8 Å². The van der Waals surface area contributed by atoms with Crippen LogP contribution < -0.4 is 20.7 Å². The van der Waals surface area contributed by atoms with E-state index in [0.29, 0.717) is 55.4 Å². The first-order chi connectivity index (χ1) is 28.8. The fourth-order valence-electron chi connectivity index (χ4n) is 7.33. The molecule has 1 unspecified atom stereocenters. The predicted octanol–water partition coefficient (Wildman–Crippen LogP) is 5.76. The molecule has 16 nitrogen and oxygen atoms in total. The predicted molar refractivity (Wildman–Crippen MR) is 231 cm³/mol. The lowest BCUT2D eigenvalue weighted by molar-refractivity contribution is -0.137. The Kier molecular flexibility index (Phi) is 15.1. The molecule has 1 atom stereocenters. The molecule has 2 fully saturated rings. The van der Waals surface area contributed by atoms with Gasteiger partial charge in [0.2, 0.25) is 18.2 Å². The molecule has 3 aliphatic heterocycles. The van der Waals surface area contributed by atoms with Crippen LogP contribution >= 0.6 is 11.8 Å². The normalized spacial score (nSPS) is 17.3. The minimum Gasteiger partial charge on any atom is -0.492 e. The average molecular weight is 844 g/mol. The molecule has 4 N–H and O–H groups in total. The Morgan fingerprint density at radius 2 is 1.78 bits per heavy atom. The van der Waals surface area contributed by atoms with E-state index in [9.17, 15) is 19.2 Å². The summed E-state index contributed by atoms with van der Waals surface area (Å²) < 4.78 is 17.6. The van der Waals surface area contributed by atoms with Crippen molar-refractivity contribution in [2.75, 3.05) is 63.3 Å². The minimum atomic E-state index is -0.647. The lowest BCUT2D eigenvalue weighted by atomic mass is 9.98. The van der Waals surface area contributed by atoms with E-state index in [0.717, 1.165) is 90.1 Å². The van der Waals surface area contributed by atoms with Gasteiger partial charge in [-0.25, -0.2) is 9.97 Å². The number of carbonyl (C=O) groups excluding carboxylic acids is 4. The molecule has 322 valence electrons. The number of amides is 4. The summed E-state index contributed by atoms with van der Waals surface area (Å²) in [5.74, 6) is 1.93. The molecule has 2 aromatic heterocycles. The summed E-state index contributed by atoms with van der Waals surface area (Å²) in [6.45, 7) is 19.7. The number of aryl methyl sites for hydroxylation is 1. The Labute approximate surface area is 355 Å². The van der Waals surface area contributed by atoms with Crippen molar-refractivity contribution in [2.45, 2.75) is 89.5 Å². The number of hydrogen-bond acceptors (Lipinski definition) is 13. The molecular weight excluding hydrogens is 787 g/mol. The molecule has 0 bridgehead atoms. The van der Waals surface area contributed by atoms with Crippen LogP contribution in [0.15, 0.2) is 41.6 Å². The van der Waals surface area contributed by atoms with Crippen LogP contribution in [0.3, 0.4) is 0 Å². The van der Waals surface area contributed by atoms with Crippen LogP contribution in [0.1, 0.15) is 80.6 Å². The Balaban J connectivity index is 0.000000240. The van der Waals surface area contributed by atoms with Crippen LogP contribution in [0.4, 0.5) is 17.3 Å². The van der Waals surface area contributed by atoms with Gasteiger partial charge in [0.15, 0.2) is 5.82 Å². The van der Waals surface area contributed by atoms with Crippen LogP contribution in [-0.2, 0) is 30.4 Å². The van der Waals surface area contributed by atoms with E-state index >= 15 is 0 Å². The van der Waals surface area contributed by atoms with E-state index in [4.69, 9.17) is 14.2 Å². The smallest absolute Gasteiger partial charge is 0.255 e. The van der Waals surface area contributed by atoms with Gasteiger partial charge in [0.1, 0.15) is 23.9 Å². The monoisotopic (exact) mass is 843 g/mol. The number of hydrogen-bond donors (Lipinski definition) is 4. The molecule has 0 radical (unpaired) electrons. The van der Waals surface area contributed by atoms with Gasteiger partial charge in [-0.3, -0.25) is 29.6 Å². The molecule has 60 heavy (non-hydrogen) atoms. The SMILES string of the molecule is CCOCCOCCN1CCC(COc2cc3ncnc(Nc4n[nH]c(C)c4C)c3cc2SC(C)(C)C)CC1.O=CNc1cccc2c1CN(C1CCC(=O)NC1=O)C2=O. The highest BCUT2D eigenvalue weighted by atomic mass is 32.2. The number of nitrogens with one attached hydrogen (secondary N) is 4. The molecule has 17 heteroatoms. The van der Waals surface area contributed by atoms with Crippen LogP contribution in [0.25, 0.3) is 10.9 Å². The first-order valence-corrected chi connectivity index (χ1v) is 21.4. The van der Waals surface area contributed by atoms with E-state index in [1.165, 1.54) is 4.90 Å². The zero-order chi connectivity index (χ0) is 42.8. The van der Waals surface area contributed by atoms with E-state index < -0.39 is 11.9 Å². The van der Waals surface area contributed by atoms with Gasteiger partial charge in [-0.05, 0) is 77.2 Å². The standard InChI is InChI=1S/C29H44N6O3S.C14H13N3O4/c1-7-36-14-15-37-13-12-35-10-8-22(9-11-35)18-38-25-17-24-23(16-26(25)39-29(4,5)6)28(31-19-30-24)32-27-20(2)21(3)33-34-27;18-7-15-10-3-1-2-8-9(10)6-17(14(8)21)11-4-5-12(19)16-13(11)20/h16-17,19,22H,7-15,18H2,1-6H3,(H2,30,31,32,33,34);1-3,7,11H,4-6H2,(H,15,18)(H,16,19,20). The van der Waals surface area contributed by atoms with E-state index in [2.05, 4.69) is 73.9 Å². The zero-order valence-electron chi connectivity index (χ0n) is 35.4. The van der Waals surface area contributed by atoms with Gasteiger partial charge >= 0.3 is 0 Å². The summed E-state index contributed by atoms with van der Waals surface area (Å²) >= 11 is 1.81. The first kappa shape index (κ1) is 44.5. The number of imide groups is 1. The number of rotatable bonds is 16. The van der Waals surface area contributed by atoms with Crippen LogP contribution in [-0.4, -0.2) is 118 Å². The second kappa shape index (κ2) is 20.4. The molecule has 5 heterocycles. The second-order valence-corrected chi connectivity index (χ2v) is 18.0. The number of thioether (sulfide) groups is 1. The molecule has 4 amide bonds. The highest BCUT2D eigenvalue weighted by molar-refractivity contribution is 8.00. The molecule has 7 rings (SSSR count). The van der Waals surface area contributed by atoms with Gasteiger partial charge in [-0.2, -0.15) is 5.10 Å². The van der Waals surface area contributed by atoms with Crippen molar-refractivity contribution in [2.24, 2.45) is 5.92 Å². The van der Waals surface area contributed by atoms with Gasteiger partial charge in [0.25, 0.3) is 5.91 Å². The number of aromatic amines is 1. The maximum absolute atomic E-state index is 12.4. The Hall–Kier alpha value is -5.10. The number of piperidine rings is 2. The van der Waals surface area contributed by atoms with E-state index in [-0.39, 0.29) is 29.5 Å². The number of aromatic nitrogens is 4. The van der Waals surface area contributed by atoms with Crippen molar-refractivity contribution in [3.05, 3.63) is 59.0 Å². The maximum atomic E-state index is 12.4. The number of H-pyrrole nitrogens is 1. The molecule has 4 aromatic rings. The lowest BCUT2D eigenvalue weighted by Crippen LogP contribution is -2.52. The summed E-state index contributed by atoms with van der Waals surface area (Å²) in [6, 6.07) is 8.62. The van der Waals surface area contributed by atoms with Crippen molar-refractivity contribution in [3.8, 4) is 5.75 Å².